The van der Waals surface area contributed by atoms with Crippen molar-refractivity contribution in [3.63, 3.8) is 0 Å². The molecule has 0 N–H and O–H groups in total. The maximum Gasteiger partial charge on any atom is -0.00930 e. The molecule has 142 valence electrons. The fourth-order valence-corrected chi connectivity index (χ4v) is 4.03. The highest BCUT2D eigenvalue weighted by Crippen LogP contribution is 2.40. The molecule has 30 heavy (non-hydrogen) atoms. The third-order valence-corrected chi connectivity index (χ3v) is 5.51. The SMILES string of the molecule is c1ccc(-c2ccc(-c3ccccc3)c(-c3ccccc3-c3ccccc3)c2)cc1. The summed E-state index contributed by atoms with van der Waals surface area (Å²) in [5, 5.41) is 0. The van der Waals surface area contributed by atoms with Crippen molar-refractivity contribution in [3.8, 4) is 44.5 Å². The monoisotopic (exact) mass is 382 g/mol. The Labute approximate surface area is 178 Å². The Morgan fingerprint density at radius 2 is 0.667 bits per heavy atom. The van der Waals surface area contributed by atoms with E-state index in [0.29, 0.717) is 0 Å². The molecule has 0 bridgehead atoms. The second-order valence-electron chi connectivity index (χ2n) is 7.40. The van der Waals surface area contributed by atoms with Gasteiger partial charge in [0.05, 0.1) is 0 Å². The van der Waals surface area contributed by atoms with Gasteiger partial charge in [-0.15, -0.1) is 0 Å². The van der Waals surface area contributed by atoms with Gasteiger partial charge in [0, 0.05) is 0 Å². The van der Waals surface area contributed by atoms with E-state index < -0.39 is 0 Å². The first kappa shape index (κ1) is 18.1. The molecule has 0 nitrogen and oxygen atoms in total. The third kappa shape index (κ3) is 3.56. The van der Waals surface area contributed by atoms with Crippen molar-refractivity contribution >= 4 is 0 Å². The number of hydrogen-bond donors (Lipinski definition) is 0. The zero-order chi connectivity index (χ0) is 20.2. The topological polar surface area (TPSA) is 0 Å². The minimum absolute atomic E-state index is 1.23. The fourth-order valence-electron chi connectivity index (χ4n) is 4.03. The number of benzene rings is 5. The molecule has 5 aromatic carbocycles. The quantitative estimate of drug-likeness (QED) is 0.293. The highest BCUT2D eigenvalue weighted by Gasteiger charge is 2.13. The molecule has 0 aliphatic carbocycles. The van der Waals surface area contributed by atoms with Gasteiger partial charge in [-0.2, -0.15) is 0 Å². The molecule has 0 aliphatic rings. The van der Waals surface area contributed by atoms with Gasteiger partial charge in [0.25, 0.3) is 0 Å². The Balaban J connectivity index is 1.77. The van der Waals surface area contributed by atoms with Gasteiger partial charge in [0.1, 0.15) is 0 Å². The Morgan fingerprint density at radius 1 is 0.233 bits per heavy atom. The van der Waals surface area contributed by atoms with Crippen molar-refractivity contribution < 1.29 is 0 Å². The summed E-state index contributed by atoms with van der Waals surface area (Å²) >= 11 is 0. The molecular weight excluding hydrogens is 360 g/mol. The number of rotatable bonds is 4. The Morgan fingerprint density at radius 3 is 1.23 bits per heavy atom. The van der Waals surface area contributed by atoms with Crippen molar-refractivity contribution in [1.82, 2.24) is 0 Å². The maximum atomic E-state index is 2.33. The molecule has 0 radical (unpaired) electrons. The molecule has 0 aliphatic heterocycles. The largest absolute Gasteiger partial charge is 0.0622 e. The first-order valence-electron chi connectivity index (χ1n) is 10.3. The lowest BCUT2D eigenvalue weighted by Gasteiger charge is -2.16. The van der Waals surface area contributed by atoms with Crippen LogP contribution < -0.4 is 0 Å². The summed E-state index contributed by atoms with van der Waals surface area (Å²) in [5.41, 5.74) is 9.93. The van der Waals surface area contributed by atoms with Crippen LogP contribution in [-0.4, -0.2) is 0 Å². The first-order valence-corrected chi connectivity index (χ1v) is 10.3. The standard InChI is InChI=1S/C30H22/c1-4-12-23(13-5-1)26-20-21-28(25-16-8-3-9-17-25)30(22-26)29-19-11-10-18-27(29)24-14-6-2-7-15-24/h1-22H. The molecule has 0 fully saturated rings. The van der Waals surface area contributed by atoms with E-state index in [1.165, 1.54) is 44.5 Å². The van der Waals surface area contributed by atoms with Gasteiger partial charge < -0.3 is 0 Å². The average Bonchev–Trinajstić information content (AvgIpc) is 2.85. The van der Waals surface area contributed by atoms with Crippen molar-refractivity contribution in [2.75, 3.05) is 0 Å². The smallest absolute Gasteiger partial charge is 0.00930 e. The van der Waals surface area contributed by atoms with E-state index in [-0.39, 0.29) is 0 Å². The van der Waals surface area contributed by atoms with Gasteiger partial charge in [-0.05, 0) is 50.6 Å². The van der Waals surface area contributed by atoms with E-state index in [9.17, 15) is 0 Å². The predicted octanol–water partition coefficient (Wildman–Crippen LogP) is 8.35. The zero-order valence-electron chi connectivity index (χ0n) is 16.7. The van der Waals surface area contributed by atoms with Gasteiger partial charge in [-0.1, -0.05) is 127 Å². The van der Waals surface area contributed by atoms with Crippen LogP contribution in [0, 0.1) is 0 Å². The molecule has 0 atom stereocenters. The molecule has 0 saturated carbocycles. The molecular formula is C30H22. The molecule has 0 unspecified atom stereocenters. The molecule has 0 amide bonds. The van der Waals surface area contributed by atoms with Crippen LogP contribution >= 0.6 is 0 Å². The molecule has 5 aromatic rings. The van der Waals surface area contributed by atoms with Gasteiger partial charge in [0.15, 0.2) is 0 Å². The van der Waals surface area contributed by atoms with Crippen LogP contribution in [0.5, 0.6) is 0 Å². The lowest BCUT2D eigenvalue weighted by molar-refractivity contribution is 1.55. The Bertz CT molecular complexity index is 1250. The highest BCUT2D eigenvalue weighted by molar-refractivity contribution is 5.93. The fraction of sp³-hybridized carbons (Fsp3) is 0. The molecule has 0 spiro atoms. The summed E-state index contributed by atoms with van der Waals surface area (Å²) in [6.07, 6.45) is 0. The van der Waals surface area contributed by atoms with E-state index in [1.807, 2.05) is 0 Å². The lowest BCUT2D eigenvalue weighted by Crippen LogP contribution is -1.90. The molecule has 0 saturated heterocycles. The van der Waals surface area contributed by atoms with Crippen molar-refractivity contribution in [2.45, 2.75) is 0 Å². The van der Waals surface area contributed by atoms with Gasteiger partial charge in [-0.25, -0.2) is 0 Å². The summed E-state index contributed by atoms with van der Waals surface area (Å²) in [6.45, 7) is 0. The van der Waals surface area contributed by atoms with Crippen LogP contribution in [0.4, 0.5) is 0 Å². The van der Waals surface area contributed by atoms with Gasteiger partial charge in [-0.3, -0.25) is 0 Å². The van der Waals surface area contributed by atoms with E-state index >= 15 is 0 Å². The Hall–Kier alpha value is -3.90. The van der Waals surface area contributed by atoms with Crippen molar-refractivity contribution in [3.05, 3.63) is 133 Å². The minimum Gasteiger partial charge on any atom is -0.0622 e. The third-order valence-electron chi connectivity index (χ3n) is 5.51. The highest BCUT2D eigenvalue weighted by atomic mass is 14.2. The normalized spacial score (nSPS) is 10.7. The van der Waals surface area contributed by atoms with Gasteiger partial charge in [0.2, 0.25) is 0 Å². The molecule has 0 heterocycles. The van der Waals surface area contributed by atoms with Crippen LogP contribution in [-0.2, 0) is 0 Å². The molecule has 0 heteroatoms. The summed E-state index contributed by atoms with van der Waals surface area (Å²) in [5.74, 6) is 0. The summed E-state index contributed by atoms with van der Waals surface area (Å²) in [4.78, 5) is 0. The minimum atomic E-state index is 1.23. The van der Waals surface area contributed by atoms with Crippen molar-refractivity contribution in [1.29, 1.82) is 0 Å². The van der Waals surface area contributed by atoms with Crippen LogP contribution in [0.15, 0.2) is 133 Å². The van der Waals surface area contributed by atoms with Crippen LogP contribution in [0.25, 0.3) is 44.5 Å². The average molecular weight is 383 g/mol. The lowest BCUT2D eigenvalue weighted by atomic mass is 9.87. The number of hydrogen-bond acceptors (Lipinski definition) is 0. The summed E-state index contributed by atoms with van der Waals surface area (Å²) in [7, 11) is 0. The zero-order valence-corrected chi connectivity index (χ0v) is 16.7. The summed E-state index contributed by atoms with van der Waals surface area (Å²) in [6, 6.07) is 47.4. The van der Waals surface area contributed by atoms with E-state index in [1.54, 1.807) is 0 Å². The van der Waals surface area contributed by atoms with Crippen LogP contribution in [0.1, 0.15) is 0 Å². The van der Waals surface area contributed by atoms with Gasteiger partial charge >= 0.3 is 0 Å². The van der Waals surface area contributed by atoms with E-state index in [4.69, 9.17) is 0 Å². The van der Waals surface area contributed by atoms with E-state index in [2.05, 4.69) is 133 Å². The van der Waals surface area contributed by atoms with Crippen molar-refractivity contribution in [2.24, 2.45) is 0 Å². The van der Waals surface area contributed by atoms with E-state index in [0.717, 1.165) is 0 Å². The van der Waals surface area contributed by atoms with Crippen LogP contribution in [0.3, 0.4) is 0 Å². The maximum absolute atomic E-state index is 2.33. The van der Waals surface area contributed by atoms with Crippen LogP contribution in [0.2, 0.25) is 0 Å². The Kier molecular flexibility index (Phi) is 4.98. The first-order chi connectivity index (χ1) is 14.9. The predicted molar refractivity (Wildman–Crippen MR) is 128 cm³/mol. The summed E-state index contributed by atoms with van der Waals surface area (Å²) < 4.78 is 0. The molecule has 5 rings (SSSR count). The molecule has 0 aromatic heterocycles. The second kappa shape index (κ2) is 8.23. The second-order valence-corrected chi connectivity index (χ2v) is 7.40.